The van der Waals surface area contributed by atoms with Gasteiger partial charge in [0.15, 0.2) is 0 Å². The number of aryl methyl sites for hydroxylation is 1. The Hall–Kier alpha value is -1.34. The van der Waals surface area contributed by atoms with Crippen molar-refractivity contribution < 1.29 is 18.3 Å². The molecule has 0 saturated heterocycles. The van der Waals surface area contributed by atoms with Crippen LogP contribution in [-0.2, 0) is 16.6 Å². The molecule has 2 N–H and O–H groups in total. The molecule has 0 radical (unpaired) electrons. The molecule has 1 heterocycles. The van der Waals surface area contributed by atoms with Crippen LogP contribution in [0.5, 0.6) is 0 Å². The third-order valence-corrected chi connectivity index (χ3v) is 5.58. The Morgan fingerprint density at radius 3 is 2.57 bits per heavy atom. The van der Waals surface area contributed by atoms with E-state index in [9.17, 15) is 13.2 Å². The van der Waals surface area contributed by atoms with Crippen LogP contribution in [0.4, 0.5) is 0 Å². The Morgan fingerprint density at radius 1 is 1.43 bits per heavy atom. The van der Waals surface area contributed by atoms with Gasteiger partial charge in [-0.25, -0.2) is 17.9 Å². The normalized spacial score (nSPS) is 16.9. The van der Waals surface area contributed by atoms with E-state index < -0.39 is 16.0 Å². The molecule has 1 aliphatic carbocycles. The van der Waals surface area contributed by atoms with Crippen molar-refractivity contribution in [2.75, 3.05) is 6.54 Å². The van der Waals surface area contributed by atoms with Gasteiger partial charge in [-0.1, -0.05) is 13.8 Å². The first-order valence-corrected chi connectivity index (χ1v) is 8.75. The Morgan fingerprint density at radius 2 is 2.10 bits per heavy atom. The summed E-state index contributed by atoms with van der Waals surface area (Å²) in [5, 5.41) is 9.14. The lowest BCUT2D eigenvalue weighted by atomic mass is 10.1. The van der Waals surface area contributed by atoms with E-state index in [2.05, 4.69) is 11.6 Å². The van der Waals surface area contributed by atoms with Crippen LogP contribution in [0, 0.1) is 5.41 Å². The molecule has 0 spiro atoms. The third-order valence-electron chi connectivity index (χ3n) is 4.21. The Bertz CT molecular complexity index is 629. The maximum Gasteiger partial charge on any atom is 0.352 e. The molecule has 1 aliphatic rings. The van der Waals surface area contributed by atoms with Crippen molar-refractivity contribution in [3.8, 4) is 0 Å². The fourth-order valence-electron chi connectivity index (χ4n) is 2.40. The van der Waals surface area contributed by atoms with Crippen molar-refractivity contribution in [1.82, 2.24) is 9.29 Å². The van der Waals surface area contributed by atoms with Crippen LogP contribution in [0.25, 0.3) is 0 Å². The number of hydrogen-bond acceptors (Lipinski definition) is 3. The summed E-state index contributed by atoms with van der Waals surface area (Å²) in [5.74, 6) is -1.11. The number of nitrogens with zero attached hydrogens (tertiary/aromatic N) is 1. The van der Waals surface area contributed by atoms with E-state index in [1.807, 2.05) is 6.92 Å². The quantitative estimate of drug-likeness (QED) is 0.769. The van der Waals surface area contributed by atoms with Gasteiger partial charge in [-0.3, -0.25) is 0 Å². The van der Waals surface area contributed by atoms with E-state index in [1.165, 1.54) is 16.8 Å². The zero-order chi connectivity index (χ0) is 15.7. The molecule has 0 aromatic carbocycles. The minimum absolute atomic E-state index is 0.00820. The fourth-order valence-corrected chi connectivity index (χ4v) is 3.59. The number of sulfonamides is 1. The molecule has 1 aromatic rings. The predicted octanol–water partition coefficient (Wildman–Crippen LogP) is 2.06. The molecular formula is C14H22N2O4S. The number of aromatic nitrogens is 1. The fraction of sp³-hybridized carbons (Fsp3) is 0.643. The average Bonchev–Trinajstić information content (AvgIpc) is 3.09. The van der Waals surface area contributed by atoms with E-state index in [1.54, 1.807) is 0 Å². The number of nitrogens with one attached hydrogen (secondary N) is 1. The zero-order valence-corrected chi connectivity index (χ0v) is 13.2. The number of hydrogen-bond donors (Lipinski definition) is 2. The number of aromatic carboxylic acids is 1. The van der Waals surface area contributed by atoms with Crippen molar-refractivity contribution in [2.24, 2.45) is 5.41 Å². The van der Waals surface area contributed by atoms with Crippen LogP contribution in [0.2, 0.25) is 0 Å². The first kappa shape index (κ1) is 16.0. The molecule has 0 atom stereocenters. The molecule has 1 aromatic heterocycles. The van der Waals surface area contributed by atoms with Crippen molar-refractivity contribution in [2.45, 2.75) is 51.0 Å². The van der Waals surface area contributed by atoms with Crippen LogP contribution < -0.4 is 4.72 Å². The highest BCUT2D eigenvalue weighted by molar-refractivity contribution is 7.89. The average molecular weight is 314 g/mol. The molecule has 21 heavy (non-hydrogen) atoms. The van der Waals surface area contributed by atoms with Gasteiger partial charge in [0.05, 0.1) is 0 Å². The van der Waals surface area contributed by atoms with Crippen LogP contribution in [0.3, 0.4) is 0 Å². The highest BCUT2D eigenvalue weighted by Crippen LogP contribution is 2.48. The van der Waals surface area contributed by atoms with Gasteiger partial charge in [0.25, 0.3) is 0 Å². The van der Waals surface area contributed by atoms with Crippen LogP contribution in [0.1, 0.15) is 50.0 Å². The molecule has 6 nitrogen and oxygen atoms in total. The molecule has 7 heteroatoms. The number of carbonyl (C=O) groups is 1. The second kappa shape index (κ2) is 5.81. The SMILES string of the molecule is CCCn1cc(S(=O)(=O)NCC2(CC)CC2)cc1C(=O)O. The predicted molar refractivity (Wildman–Crippen MR) is 78.8 cm³/mol. The molecule has 1 fully saturated rings. The molecular weight excluding hydrogens is 292 g/mol. The minimum atomic E-state index is -3.65. The second-order valence-corrected chi connectivity index (χ2v) is 7.50. The van der Waals surface area contributed by atoms with Gasteiger partial charge in [0.2, 0.25) is 10.0 Å². The number of rotatable bonds is 8. The summed E-state index contributed by atoms with van der Waals surface area (Å²) in [5.41, 5.74) is 0.114. The van der Waals surface area contributed by atoms with E-state index in [-0.39, 0.29) is 16.0 Å². The van der Waals surface area contributed by atoms with E-state index in [0.717, 1.165) is 25.7 Å². The first-order valence-electron chi connectivity index (χ1n) is 7.27. The van der Waals surface area contributed by atoms with Gasteiger partial charge in [-0.05, 0) is 37.2 Å². The lowest BCUT2D eigenvalue weighted by molar-refractivity contribution is 0.0685. The zero-order valence-electron chi connectivity index (χ0n) is 12.4. The first-order chi connectivity index (χ1) is 9.83. The van der Waals surface area contributed by atoms with Crippen molar-refractivity contribution in [3.63, 3.8) is 0 Å². The lowest BCUT2D eigenvalue weighted by Gasteiger charge is -2.12. The van der Waals surface area contributed by atoms with Gasteiger partial charge in [-0.2, -0.15) is 0 Å². The molecule has 0 bridgehead atoms. The van der Waals surface area contributed by atoms with Gasteiger partial charge in [-0.15, -0.1) is 0 Å². The van der Waals surface area contributed by atoms with Gasteiger partial charge >= 0.3 is 5.97 Å². The summed E-state index contributed by atoms with van der Waals surface area (Å²) in [6, 6.07) is 1.23. The number of carboxylic acid groups (broad SMARTS) is 1. The summed E-state index contributed by atoms with van der Waals surface area (Å²) in [6.45, 7) is 4.88. The number of carboxylic acids is 1. The van der Waals surface area contributed by atoms with Crippen LogP contribution in [0.15, 0.2) is 17.2 Å². The topological polar surface area (TPSA) is 88.4 Å². The summed E-state index contributed by atoms with van der Waals surface area (Å²) in [6.07, 6.45) is 5.18. The van der Waals surface area contributed by atoms with Crippen molar-refractivity contribution in [3.05, 3.63) is 18.0 Å². The highest BCUT2D eigenvalue weighted by atomic mass is 32.2. The maximum absolute atomic E-state index is 12.3. The highest BCUT2D eigenvalue weighted by Gasteiger charge is 2.41. The van der Waals surface area contributed by atoms with E-state index in [0.29, 0.717) is 13.1 Å². The molecule has 118 valence electrons. The van der Waals surface area contributed by atoms with Crippen LogP contribution in [-0.4, -0.2) is 30.6 Å². The molecule has 2 rings (SSSR count). The Kier molecular flexibility index (Phi) is 4.43. The van der Waals surface area contributed by atoms with Gasteiger partial charge in [0.1, 0.15) is 10.6 Å². The minimum Gasteiger partial charge on any atom is -0.477 e. The molecule has 0 aliphatic heterocycles. The van der Waals surface area contributed by atoms with Crippen molar-refractivity contribution in [1.29, 1.82) is 0 Å². The Labute approximate surface area is 125 Å². The second-order valence-electron chi connectivity index (χ2n) is 5.74. The molecule has 1 saturated carbocycles. The van der Waals surface area contributed by atoms with E-state index >= 15 is 0 Å². The monoisotopic (exact) mass is 314 g/mol. The Balaban J connectivity index is 2.19. The largest absolute Gasteiger partial charge is 0.477 e. The van der Waals surface area contributed by atoms with Crippen molar-refractivity contribution >= 4 is 16.0 Å². The molecule has 0 unspecified atom stereocenters. The third kappa shape index (κ3) is 3.47. The summed E-state index contributed by atoms with van der Waals surface area (Å²) >= 11 is 0. The smallest absolute Gasteiger partial charge is 0.352 e. The maximum atomic E-state index is 12.3. The molecule has 0 amide bonds. The lowest BCUT2D eigenvalue weighted by Crippen LogP contribution is -2.29. The summed E-state index contributed by atoms with van der Waals surface area (Å²) in [7, 11) is -3.65. The standard InChI is InChI=1S/C14H22N2O4S/c1-3-7-16-9-11(8-12(16)13(17)18)21(19,20)15-10-14(4-2)5-6-14/h8-9,15H,3-7,10H2,1-2H3,(H,17,18). The van der Waals surface area contributed by atoms with Gasteiger partial charge < -0.3 is 9.67 Å². The van der Waals surface area contributed by atoms with Gasteiger partial charge in [0, 0.05) is 19.3 Å². The summed E-state index contributed by atoms with van der Waals surface area (Å²) < 4.78 is 28.7. The summed E-state index contributed by atoms with van der Waals surface area (Å²) in [4.78, 5) is 11.2. The van der Waals surface area contributed by atoms with Crippen LogP contribution >= 0.6 is 0 Å². The van der Waals surface area contributed by atoms with E-state index in [4.69, 9.17) is 5.11 Å².